The largest absolute Gasteiger partial charge is 0.372 e. The Hall–Kier alpha value is -1.51. The van der Waals surface area contributed by atoms with Gasteiger partial charge in [-0.3, -0.25) is 4.79 Å². The van der Waals surface area contributed by atoms with Crippen molar-refractivity contribution in [2.75, 3.05) is 29.4 Å². The molecule has 102 valence electrons. The number of nitrogens with zero attached hydrogens (tertiary/aromatic N) is 2. The van der Waals surface area contributed by atoms with Gasteiger partial charge < -0.3 is 9.80 Å². The van der Waals surface area contributed by atoms with E-state index in [0.717, 1.165) is 25.3 Å². The van der Waals surface area contributed by atoms with Gasteiger partial charge in [-0.05, 0) is 57.4 Å². The molecule has 0 spiro atoms. The number of fused-ring (bicyclic) bond motifs is 1. The second kappa shape index (κ2) is 4.26. The van der Waals surface area contributed by atoms with E-state index in [1.165, 1.54) is 24.1 Å². The van der Waals surface area contributed by atoms with E-state index in [2.05, 4.69) is 23.1 Å². The van der Waals surface area contributed by atoms with Crippen molar-refractivity contribution in [1.29, 1.82) is 0 Å². The highest BCUT2D eigenvalue weighted by Gasteiger charge is 2.43. The molecule has 0 radical (unpaired) electrons. The van der Waals surface area contributed by atoms with Crippen LogP contribution in [0.3, 0.4) is 0 Å². The number of carbonyl (C=O) groups excluding carboxylic acids is 1. The van der Waals surface area contributed by atoms with Crippen LogP contribution in [0.25, 0.3) is 0 Å². The Labute approximate surface area is 115 Å². The fraction of sp³-hybridized carbons (Fsp3) is 0.562. The zero-order valence-electron chi connectivity index (χ0n) is 12.1. The van der Waals surface area contributed by atoms with Gasteiger partial charge in [0.15, 0.2) is 0 Å². The van der Waals surface area contributed by atoms with Crippen LogP contribution in [0.4, 0.5) is 11.4 Å². The van der Waals surface area contributed by atoms with Crippen molar-refractivity contribution in [2.45, 2.75) is 39.0 Å². The molecular formula is C16H22N2O. The van der Waals surface area contributed by atoms with Gasteiger partial charge in [0.1, 0.15) is 0 Å². The summed E-state index contributed by atoms with van der Waals surface area (Å²) in [5, 5.41) is 0. The molecule has 1 amide bonds. The van der Waals surface area contributed by atoms with Crippen molar-refractivity contribution >= 4 is 17.3 Å². The minimum atomic E-state index is -0.388. The summed E-state index contributed by atoms with van der Waals surface area (Å²) in [6, 6.07) is 6.52. The molecule has 3 rings (SSSR count). The molecule has 0 aliphatic carbocycles. The second-order valence-corrected chi connectivity index (χ2v) is 6.07. The molecule has 2 aliphatic rings. The highest BCUT2D eigenvalue weighted by Crippen LogP contribution is 2.43. The zero-order valence-corrected chi connectivity index (χ0v) is 12.1. The molecule has 0 atom stereocenters. The number of carbonyl (C=O) groups is 1. The van der Waals surface area contributed by atoms with Gasteiger partial charge in [0.25, 0.3) is 0 Å². The lowest BCUT2D eigenvalue weighted by Gasteiger charge is -2.21. The van der Waals surface area contributed by atoms with E-state index in [0.29, 0.717) is 0 Å². The lowest BCUT2D eigenvalue weighted by molar-refractivity contribution is -0.122. The molecule has 1 aromatic rings. The molecule has 0 bridgehead atoms. The lowest BCUT2D eigenvalue weighted by Crippen LogP contribution is -2.35. The number of hydrogen-bond acceptors (Lipinski definition) is 2. The van der Waals surface area contributed by atoms with Crippen LogP contribution in [0.1, 0.15) is 39.2 Å². The van der Waals surface area contributed by atoms with Crippen LogP contribution >= 0.6 is 0 Å². The molecule has 1 aromatic carbocycles. The number of anilines is 2. The Bertz CT molecular complexity index is 515. The molecule has 3 nitrogen and oxygen atoms in total. The van der Waals surface area contributed by atoms with Gasteiger partial charge in [0, 0.05) is 31.0 Å². The van der Waals surface area contributed by atoms with E-state index in [9.17, 15) is 4.79 Å². The fourth-order valence-corrected chi connectivity index (χ4v) is 3.31. The number of likely N-dealkylation sites (N-methyl/N-ethyl adjacent to an activating group) is 1. The molecule has 3 heteroatoms. The van der Waals surface area contributed by atoms with Crippen LogP contribution in [0.15, 0.2) is 18.2 Å². The maximum Gasteiger partial charge on any atom is 0.237 e. The molecule has 1 saturated heterocycles. The second-order valence-electron chi connectivity index (χ2n) is 6.07. The minimum absolute atomic E-state index is 0.226. The fourth-order valence-electron chi connectivity index (χ4n) is 3.31. The first-order valence-corrected chi connectivity index (χ1v) is 7.27. The van der Waals surface area contributed by atoms with E-state index in [1.54, 1.807) is 0 Å². The van der Waals surface area contributed by atoms with Crippen molar-refractivity contribution in [2.24, 2.45) is 0 Å². The minimum Gasteiger partial charge on any atom is -0.372 e. The maximum atomic E-state index is 12.5. The van der Waals surface area contributed by atoms with Crippen LogP contribution in [0.5, 0.6) is 0 Å². The van der Waals surface area contributed by atoms with Crippen LogP contribution in [0, 0.1) is 0 Å². The van der Waals surface area contributed by atoms with Gasteiger partial charge in [0.2, 0.25) is 5.91 Å². The van der Waals surface area contributed by atoms with Crippen LogP contribution < -0.4 is 9.80 Å². The predicted octanol–water partition coefficient (Wildman–Crippen LogP) is 2.93. The van der Waals surface area contributed by atoms with E-state index in [4.69, 9.17) is 0 Å². The average Bonchev–Trinajstić information content (AvgIpc) is 2.98. The Morgan fingerprint density at radius 1 is 1.21 bits per heavy atom. The number of rotatable bonds is 2. The van der Waals surface area contributed by atoms with E-state index < -0.39 is 0 Å². The topological polar surface area (TPSA) is 23.6 Å². The zero-order chi connectivity index (χ0) is 13.6. The first-order valence-electron chi connectivity index (χ1n) is 7.27. The van der Waals surface area contributed by atoms with Gasteiger partial charge in [-0.1, -0.05) is 0 Å². The van der Waals surface area contributed by atoms with Crippen molar-refractivity contribution in [3.8, 4) is 0 Å². The smallest absolute Gasteiger partial charge is 0.237 e. The molecule has 2 heterocycles. The molecule has 0 unspecified atom stereocenters. The molecule has 1 fully saturated rings. The maximum absolute atomic E-state index is 12.5. The third-order valence-electron chi connectivity index (χ3n) is 4.51. The van der Waals surface area contributed by atoms with Crippen LogP contribution in [-0.2, 0) is 10.2 Å². The summed E-state index contributed by atoms with van der Waals surface area (Å²) >= 11 is 0. The molecule has 19 heavy (non-hydrogen) atoms. The highest BCUT2D eigenvalue weighted by molar-refractivity contribution is 6.07. The normalized spacial score (nSPS) is 21.1. The summed E-state index contributed by atoms with van der Waals surface area (Å²) in [5.41, 5.74) is 3.17. The average molecular weight is 258 g/mol. The number of benzene rings is 1. The van der Waals surface area contributed by atoms with Crippen molar-refractivity contribution in [3.63, 3.8) is 0 Å². The molecular weight excluding hydrogens is 236 g/mol. The summed E-state index contributed by atoms with van der Waals surface area (Å²) in [4.78, 5) is 16.8. The van der Waals surface area contributed by atoms with E-state index in [1.807, 2.05) is 25.7 Å². The van der Waals surface area contributed by atoms with Crippen molar-refractivity contribution in [3.05, 3.63) is 23.8 Å². The summed E-state index contributed by atoms with van der Waals surface area (Å²) in [6.07, 6.45) is 2.56. The summed E-state index contributed by atoms with van der Waals surface area (Å²) in [6.45, 7) is 9.15. The monoisotopic (exact) mass is 258 g/mol. The molecule has 0 saturated carbocycles. The van der Waals surface area contributed by atoms with Gasteiger partial charge in [-0.25, -0.2) is 0 Å². The molecule has 2 aliphatic heterocycles. The van der Waals surface area contributed by atoms with Crippen molar-refractivity contribution in [1.82, 2.24) is 0 Å². The Kier molecular flexibility index (Phi) is 2.80. The van der Waals surface area contributed by atoms with Gasteiger partial charge in [0.05, 0.1) is 5.41 Å². The SMILES string of the molecule is CCN1C(=O)C(C)(C)c2cc(N3CCCC3)ccc21. The standard InChI is InChI=1S/C16H22N2O/c1-4-18-14-8-7-12(17-9-5-6-10-17)11-13(14)16(2,3)15(18)19/h7-8,11H,4-6,9-10H2,1-3H3. The van der Waals surface area contributed by atoms with Gasteiger partial charge >= 0.3 is 0 Å². The quantitative estimate of drug-likeness (QED) is 0.814. The lowest BCUT2D eigenvalue weighted by atomic mass is 9.86. The third kappa shape index (κ3) is 1.75. The number of hydrogen-bond donors (Lipinski definition) is 0. The third-order valence-corrected chi connectivity index (χ3v) is 4.51. The first-order chi connectivity index (χ1) is 9.05. The molecule has 0 N–H and O–H groups in total. The summed E-state index contributed by atoms with van der Waals surface area (Å²) in [7, 11) is 0. The van der Waals surface area contributed by atoms with Gasteiger partial charge in [-0.2, -0.15) is 0 Å². The van der Waals surface area contributed by atoms with Crippen molar-refractivity contribution < 1.29 is 4.79 Å². The molecule has 0 aromatic heterocycles. The number of amides is 1. The van der Waals surface area contributed by atoms with E-state index >= 15 is 0 Å². The van der Waals surface area contributed by atoms with Crippen LogP contribution in [0.2, 0.25) is 0 Å². The van der Waals surface area contributed by atoms with Gasteiger partial charge in [-0.15, -0.1) is 0 Å². The Morgan fingerprint density at radius 2 is 1.89 bits per heavy atom. The Morgan fingerprint density at radius 3 is 2.53 bits per heavy atom. The predicted molar refractivity (Wildman–Crippen MR) is 78.9 cm³/mol. The first kappa shape index (κ1) is 12.5. The Balaban J connectivity index is 2.05. The summed E-state index contributed by atoms with van der Waals surface area (Å²) in [5.74, 6) is 0.226. The van der Waals surface area contributed by atoms with Crippen LogP contribution in [-0.4, -0.2) is 25.5 Å². The highest BCUT2D eigenvalue weighted by atomic mass is 16.2. The van der Waals surface area contributed by atoms with E-state index in [-0.39, 0.29) is 11.3 Å². The summed E-state index contributed by atoms with van der Waals surface area (Å²) < 4.78 is 0.